The lowest BCUT2D eigenvalue weighted by molar-refractivity contribution is 0.549. The second kappa shape index (κ2) is 7.77. The van der Waals surface area contributed by atoms with Crippen molar-refractivity contribution < 1.29 is 8.42 Å². The van der Waals surface area contributed by atoms with Crippen molar-refractivity contribution >= 4 is 21.6 Å². The summed E-state index contributed by atoms with van der Waals surface area (Å²) in [6.07, 6.45) is 1.19. The molecular weight excluding hydrogens is 318 g/mol. The molecule has 0 amide bonds. The van der Waals surface area contributed by atoms with Crippen LogP contribution in [0.5, 0.6) is 0 Å². The first-order valence-corrected chi connectivity index (χ1v) is 9.32. The molecule has 0 heterocycles. The first kappa shape index (κ1) is 17.0. The van der Waals surface area contributed by atoms with Gasteiger partial charge in [-0.05, 0) is 36.1 Å². The van der Waals surface area contributed by atoms with Crippen molar-refractivity contribution in [2.45, 2.75) is 25.8 Å². The van der Waals surface area contributed by atoms with Crippen molar-refractivity contribution in [2.75, 3.05) is 5.75 Å². The first-order valence-electron chi connectivity index (χ1n) is 7.29. The largest absolute Gasteiger partial charge is 0.212 e. The summed E-state index contributed by atoms with van der Waals surface area (Å²) in [5.74, 6) is 0.0844. The van der Waals surface area contributed by atoms with Crippen molar-refractivity contribution in [3.05, 3.63) is 70.7 Å². The quantitative estimate of drug-likeness (QED) is 0.831. The average Bonchev–Trinajstić information content (AvgIpc) is 2.53. The van der Waals surface area contributed by atoms with Gasteiger partial charge in [-0.25, -0.2) is 13.1 Å². The second-order valence-electron chi connectivity index (χ2n) is 5.18. The van der Waals surface area contributed by atoms with Crippen molar-refractivity contribution in [1.82, 2.24) is 4.72 Å². The third kappa shape index (κ3) is 5.13. The van der Waals surface area contributed by atoms with E-state index in [-0.39, 0.29) is 11.8 Å². The molecule has 0 spiro atoms. The Morgan fingerprint density at radius 1 is 1.05 bits per heavy atom. The van der Waals surface area contributed by atoms with Crippen LogP contribution < -0.4 is 4.72 Å². The maximum absolute atomic E-state index is 12.3. The van der Waals surface area contributed by atoms with Crippen LogP contribution in [0.1, 0.15) is 30.5 Å². The van der Waals surface area contributed by atoms with Crippen LogP contribution >= 0.6 is 11.6 Å². The minimum Gasteiger partial charge on any atom is -0.212 e. The van der Waals surface area contributed by atoms with Gasteiger partial charge in [0.15, 0.2) is 0 Å². The van der Waals surface area contributed by atoms with Crippen LogP contribution in [0.4, 0.5) is 0 Å². The Morgan fingerprint density at radius 3 is 2.27 bits per heavy atom. The second-order valence-corrected chi connectivity index (χ2v) is 7.49. The summed E-state index contributed by atoms with van der Waals surface area (Å²) in [5, 5.41) is 0.644. The molecule has 0 aromatic heterocycles. The number of rotatable bonds is 7. The fraction of sp³-hybridized carbons (Fsp3) is 0.294. The van der Waals surface area contributed by atoms with Crippen LogP contribution in [0.15, 0.2) is 54.6 Å². The number of hydrogen-bond donors (Lipinski definition) is 1. The van der Waals surface area contributed by atoms with Gasteiger partial charge in [0, 0.05) is 11.1 Å². The van der Waals surface area contributed by atoms with E-state index in [9.17, 15) is 8.42 Å². The van der Waals surface area contributed by atoms with Crippen molar-refractivity contribution in [2.24, 2.45) is 0 Å². The summed E-state index contributed by atoms with van der Waals surface area (Å²) in [7, 11) is -3.33. The van der Waals surface area contributed by atoms with Gasteiger partial charge in [0.2, 0.25) is 10.0 Å². The van der Waals surface area contributed by atoms with Gasteiger partial charge in [0.25, 0.3) is 0 Å². The zero-order valence-electron chi connectivity index (χ0n) is 12.5. The molecule has 0 aliphatic carbocycles. The fourth-order valence-electron chi connectivity index (χ4n) is 2.25. The zero-order valence-corrected chi connectivity index (χ0v) is 14.1. The highest BCUT2D eigenvalue weighted by molar-refractivity contribution is 7.89. The molecule has 0 saturated carbocycles. The molecule has 22 heavy (non-hydrogen) atoms. The van der Waals surface area contributed by atoms with Crippen molar-refractivity contribution in [3.63, 3.8) is 0 Å². The molecule has 0 saturated heterocycles. The van der Waals surface area contributed by atoms with Gasteiger partial charge in [0.1, 0.15) is 0 Å². The van der Waals surface area contributed by atoms with Crippen LogP contribution in [0.25, 0.3) is 0 Å². The molecular formula is C17H20ClNO2S. The first-order chi connectivity index (χ1) is 10.5. The van der Waals surface area contributed by atoms with E-state index in [4.69, 9.17) is 11.6 Å². The number of aryl methyl sites for hydroxylation is 1. The topological polar surface area (TPSA) is 46.2 Å². The summed E-state index contributed by atoms with van der Waals surface area (Å²) in [5.41, 5.74) is 1.95. The minimum absolute atomic E-state index is 0.0844. The van der Waals surface area contributed by atoms with E-state index in [1.165, 1.54) is 0 Å². The summed E-state index contributed by atoms with van der Waals surface area (Å²) < 4.78 is 27.3. The molecule has 0 bridgehead atoms. The lowest BCUT2D eigenvalue weighted by Crippen LogP contribution is -2.31. The number of hydrogen-bond acceptors (Lipinski definition) is 2. The molecule has 0 radical (unpaired) electrons. The predicted octanol–water partition coefficient (Wildman–Crippen LogP) is 3.95. The third-order valence-electron chi connectivity index (χ3n) is 3.50. The van der Waals surface area contributed by atoms with Gasteiger partial charge in [-0.15, -0.1) is 0 Å². The molecule has 2 aromatic rings. The maximum atomic E-state index is 12.3. The number of benzene rings is 2. The molecule has 118 valence electrons. The smallest absolute Gasteiger partial charge is 0.212 e. The molecule has 3 nitrogen and oxygen atoms in total. The molecule has 1 unspecified atom stereocenters. The molecule has 0 fully saturated rings. The van der Waals surface area contributed by atoms with Gasteiger partial charge in [-0.1, -0.05) is 61.0 Å². The van der Waals surface area contributed by atoms with Crippen LogP contribution in [0, 0.1) is 0 Å². The molecule has 1 atom stereocenters. The fourth-order valence-corrected chi connectivity index (χ4v) is 3.74. The zero-order chi connectivity index (χ0) is 16.0. The van der Waals surface area contributed by atoms with E-state index in [1.807, 2.05) is 49.4 Å². The highest BCUT2D eigenvalue weighted by Gasteiger charge is 2.18. The van der Waals surface area contributed by atoms with Gasteiger partial charge in [-0.2, -0.15) is 0 Å². The Morgan fingerprint density at radius 2 is 1.68 bits per heavy atom. The molecule has 2 aromatic carbocycles. The van der Waals surface area contributed by atoms with Gasteiger partial charge in [-0.3, -0.25) is 0 Å². The Bertz CT molecular complexity index is 684. The third-order valence-corrected chi connectivity index (χ3v) is 5.14. The lowest BCUT2D eigenvalue weighted by Gasteiger charge is -2.17. The average molecular weight is 338 g/mol. The van der Waals surface area contributed by atoms with Gasteiger partial charge in [0.05, 0.1) is 5.75 Å². The van der Waals surface area contributed by atoms with Crippen LogP contribution in [0.3, 0.4) is 0 Å². The van der Waals surface area contributed by atoms with Crippen molar-refractivity contribution in [1.29, 1.82) is 0 Å². The van der Waals surface area contributed by atoms with Gasteiger partial charge < -0.3 is 0 Å². The molecule has 5 heteroatoms. The summed E-state index contributed by atoms with van der Waals surface area (Å²) in [6, 6.07) is 16.7. The van der Waals surface area contributed by atoms with E-state index in [1.54, 1.807) is 12.1 Å². The summed E-state index contributed by atoms with van der Waals surface area (Å²) in [4.78, 5) is 0. The number of nitrogens with one attached hydrogen (secondary N) is 1. The van der Waals surface area contributed by atoms with E-state index >= 15 is 0 Å². The molecule has 0 aliphatic rings. The lowest BCUT2D eigenvalue weighted by atomic mass is 10.1. The van der Waals surface area contributed by atoms with E-state index in [2.05, 4.69) is 4.72 Å². The van der Waals surface area contributed by atoms with Crippen LogP contribution in [0.2, 0.25) is 5.02 Å². The summed E-state index contributed by atoms with van der Waals surface area (Å²) in [6.45, 7) is 1.96. The Hall–Kier alpha value is -1.36. The normalized spacial score (nSPS) is 13.0. The predicted molar refractivity (Wildman–Crippen MR) is 91.6 cm³/mol. The Kier molecular flexibility index (Phi) is 6.00. The molecule has 2 rings (SSSR count). The standard InChI is InChI=1S/C17H20ClNO2S/c1-2-17(15-8-10-16(18)11-9-15)19-22(20,21)13-12-14-6-4-3-5-7-14/h3-11,17,19H,2,12-13H2,1H3. The Balaban J connectivity index is 2.01. The summed E-state index contributed by atoms with van der Waals surface area (Å²) >= 11 is 5.87. The van der Waals surface area contributed by atoms with Crippen molar-refractivity contribution in [3.8, 4) is 0 Å². The molecule has 0 aliphatic heterocycles. The monoisotopic (exact) mass is 337 g/mol. The Labute approximate surface area is 137 Å². The highest BCUT2D eigenvalue weighted by Crippen LogP contribution is 2.20. The van der Waals surface area contributed by atoms with Gasteiger partial charge >= 0.3 is 0 Å². The van der Waals surface area contributed by atoms with E-state index < -0.39 is 10.0 Å². The molecule has 1 N–H and O–H groups in total. The number of halogens is 1. The SMILES string of the molecule is CCC(NS(=O)(=O)CCc1ccccc1)c1ccc(Cl)cc1. The minimum atomic E-state index is -3.33. The van der Waals surface area contributed by atoms with E-state index in [0.717, 1.165) is 11.1 Å². The highest BCUT2D eigenvalue weighted by atomic mass is 35.5. The van der Waals surface area contributed by atoms with Crippen LogP contribution in [-0.4, -0.2) is 14.2 Å². The number of sulfonamides is 1. The van der Waals surface area contributed by atoms with Crippen LogP contribution in [-0.2, 0) is 16.4 Å². The maximum Gasteiger partial charge on any atom is 0.212 e. The van der Waals surface area contributed by atoms with E-state index in [0.29, 0.717) is 17.9 Å².